The van der Waals surface area contributed by atoms with E-state index in [2.05, 4.69) is 34.0 Å². The van der Waals surface area contributed by atoms with Crippen LogP contribution in [0.1, 0.15) is 32.1 Å². The maximum Gasteiger partial charge on any atom is 0.238 e. The number of nitrogens with one attached hydrogen (secondary N) is 1. The van der Waals surface area contributed by atoms with Crippen LogP contribution in [0.2, 0.25) is 0 Å². The zero-order valence-corrected chi connectivity index (χ0v) is 10.1. The zero-order valence-electron chi connectivity index (χ0n) is 10.1. The number of hydrogen-bond donors (Lipinski definition) is 2. The normalized spacial score (nSPS) is 13.2. The lowest BCUT2D eigenvalue weighted by Crippen LogP contribution is -2.15. The number of H-pyrrole nitrogens is 1. The predicted molar refractivity (Wildman–Crippen MR) is 63.1 cm³/mol. The number of aromatic nitrogens is 4. The van der Waals surface area contributed by atoms with Crippen LogP contribution in [0.3, 0.4) is 0 Å². The van der Waals surface area contributed by atoms with Crippen molar-refractivity contribution >= 4 is 0 Å². The summed E-state index contributed by atoms with van der Waals surface area (Å²) in [5, 5.41) is 3.90. The van der Waals surface area contributed by atoms with Crippen LogP contribution in [0.15, 0.2) is 16.9 Å². The second-order valence-electron chi connectivity index (χ2n) is 4.46. The first-order valence-electron chi connectivity index (χ1n) is 5.74. The fraction of sp³-hybridized carbons (Fsp3) is 0.545. The Morgan fingerprint density at radius 3 is 2.88 bits per heavy atom. The maximum atomic E-state index is 5.73. The van der Waals surface area contributed by atoms with Crippen LogP contribution in [0.5, 0.6) is 0 Å². The van der Waals surface area contributed by atoms with E-state index in [0.717, 1.165) is 6.42 Å². The van der Waals surface area contributed by atoms with Gasteiger partial charge in [0.05, 0.1) is 5.92 Å². The summed E-state index contributed by atoms with van der Waals surface area (Å²) in [6.45, 7) is 4.80. The Morgan fingerprint density at radius 1 is 1.47 bits per heavy atom. The highest BCUT2D eigenvalue weighted by molar-refractivity contribution is 5.40. The summed E-state index contributed by atoms with van der Waals surface area (Å²) in [5.74, 6) is 2.34. The molecule has 2 aromatic rings. The Labute approximate surface area is 99.6 Å². The molecular formula is C11H17N5O. The molecule has 0 amide bonds. The van der Waals surface area contributed by atoms with Gasteiger partial charge in [0.25, 0.3) is 0 Å². The molecule has 0 saturated carbocycles. The molecule has 3 N–H and O–H groups in total. The van der Waals surface area contributed by atoms with E-state index in [4.69, 9.17) is 10.3 Å². The fourth-order valence-corrected chi connectivity index (χ4v) is 1.75. The molecule has 1 unspecified atom stereocenters. The lowest BCUT2D eigenvalue weighted by atomic mass is 9.97. The first kappa shape index (κ1) is 11.8. The molecule has 0 aliphatic rings. The first-order chi connectivity index (χ1) is 8.20. The summed E-state index contributed by atoms with van der Waals surface area (Å²) in [4.78, 5) is 11.3. The van der Waals surface area contributed by atoms with E-state index >= 15 is 0 Å². The third-order valence-electron chi connectivity index (χ3n) is 2.54. The molecule has 0 spiro atoms. The van der Waals surface area contributed by atoms with Gasteiger partial charge in [-0.25, -0.2) is 4.98 Å². The summed E-state index contributed by atoms with van der Waals surface area (Å²) in [5.41, 5.74) is 5.73. The quantitative estimate of drug-likeness (QED) is 0.820. The number of nitrogens with two attached hydrogens (primary N) is 1. The molecule has 0 radical (unpaired) electrons. The molecule has 0 bridgehead atoms. The number of nitrogens with zero attached hydrogens (tertiary/aromatic N) is 3. The fourth-order valence-electron chi connectivity index (χ4n) is 1.75. The van der Waals surface area contributed by atoms with Gasteiger partial charge in [0, 0.05) is 18.9 Å². The largest absolute Gasteiger partial charge is 0.342 e. The van der Waals surface area contributed by atoms with E-state index in [9.17, 15) is 0 Å². The molecule has 6 heteroatoms. The lowest BCUT2D eigenvalue weighted by Gasteiger charge is -2.11. The Kier molecular flexibility index (Phi) is 3.53. The number of hydrogen-bond acceptors (Lipinski definition) is 5. The highest BCUT2D eigenvalue weighted by atomic mass is 16.5. The second-order valence-corrected chi connectivity index (χ2v) is 4.46. The molecule has 1 atom stereocenters. The topological polar surface area (TPSA) is 93.6 Å². The van der Waals surface area contributed by atoms with Crippen LogP contribution in [0, 0.1) is 5.92 Å². The Balaban J connectivity index is 2.16. The molecule has 0 saturated heterocycles. The summed E-state index contributed by atoms with van der Waals surface area (Å²) >= 11 is 0. The molecule has 2 rings (SSSR count). The number of imidazole rings is 1. The molecular weight excluding hydrogens is 218 g/mol. The van der Waals surface area contributed by atoms with Crippen molar-refractivity contribution < 1.29 is 4.52 Å². The van der Waals surface area contributed by atoms with Crippen LogP contribution < -0.4 is 5.73 Å². The van der Waals surface area contributed by atoms with E-state index in [1.807, 2.05) is 0 Å². The SMILES string of the molecule is CC(C)CC(CN)c1nc(-c2ncc[nH]2)no1. The van der Waals surface area contributed by atoms with Crippen LogP contribution in [-0.2, 0) is 0 Å². The van der Waals surface area contributed by atoms with Crippen molar-refractivity contribution in [2.24, 2.45) is 11.7 Å². The van der Waals surface area contributed by atoms with Crippen molar-refractivity contribution in [3.8, 4) is 11.6 Å². The van der Waals surface area contributed by atoms with Crippen LogP contribution in [0.4, 0.5) is 0 Å². The molecule has 0 aliphatic heterocycles. The Morgan fingerprint density at radius 2 is 2.29 bits per heavy atom. The van der Waals surface area contributed by atoms with Crippen molar-refractivity contribution in [1.29, 1.82) is 0 Å². The summed E-state index contributed by atoms with van der Waals surface area (Å²) < 4.78 is 5.24. The van der Waals surface area contributed by atoms with Gasteiger partial charge in [-0.1, -0.05) is 19.0 Å². The van der Waals surface area contributed by atoms with E-state index in [0.29, 0.717) is 30.0 Å². The molecule has 6 nitrogen and oxygen atoms in total. The Bertz CT molecular complexity index is 448. The molecule has 0 fully saturated rings. The monoisotopic (exact) mass is 235 g/mol. The van der Waals surface area contributed by atoms with Crippen molar-refractivity contribution in [3.63, 3.8) is 0 Å². The van der Waals surface area contributed by atoms with Gasteiger partial charge in [0.2, 0.25) is 11.7 Å². The van der Waals surface area contributed by atoms with Gasteiger partial charge in [-0.05, 0) is 12.3 Å². The lowest BCUT2D eigenvalue weighted by molar-refractivity contribution is 0.334. The average Bonchev–Trinajstić information content (AvgIpc) is 2.95. The summed E-state index contributed by atoms with van der Waals surface area (Å²) in [6, 6.07) is 0. The third-order valence-corrected chi connectivity index (χ3v) is 2.54. The molecule has 0 aromatic carbocycles. The maximum absolute atomic E-state index is 5.73. The highest BCUT2D eigenvalue weighted by Gasteiger charge is 2.20. The van der Waals surface area contributed by atoms with Gasteiger partial charge in [0.1, 0.15) is 0 Å². The summed E-state index contributed by atoms with van der Waals surface area (Å²) in [7, 11) is 0. The number of rotatable bonds is 5. The second kappa shape index (κ2) is 5.09. The minimum absolute atomic E-state index is 0.117. The van der Waals surface area contributed by atoms with Gasteiger partial charge in [-0.15, -0.1) is 0 Å². The van der Waals surface area contributed by atoms with Crippen molar-refractivity contribution in [3.05, 3.63) is 18.3 Å². The van der Waals surface area contributed by atoms with Gasteiger partial charge >= 0.3 is 0 Å². The minimum atomic E-state index is 0.117. The smallest absolute Gasteiger partial charge is 0.238 e. The minimum Gasteiger partial charge on any atom is -0.342 e. The van der Waals surface area contributed by atoms with Crippen LogP contribution in [0.25, 0.3) is 11.6 Å². The van der Waals surface area contributed by atoms with Crippen LogP contribution >= 0.6 is 0 Å². The number of aromatic amines is 1. The molecule has 17 heavy (non-hydrogen) atoms. The van der Waals surface area contributed by atoms with Crippen molar-refractivity contribution in [1.82, 2.24) is 20.1 Å². The average molecular weight is 235 g/mol. The van der Waals surface area contributed by atoms with Gasteiger partial charge < -0.3 is 15.2 Å². The molecule has 92 valence electrons. The van der Waals surface area contributed by atoms with E-state index in [-0.39, 0.29) is 5.92 Å². The molecule has 0 aliphatic carbocycles. The standard InChI is InChI=1S/C11H17N5O/c1-7(2)5-8(6-12)11-15-10(16-17-11)9-13-3-4-14-9/h3-4,7-8H,5-6,12H2,1-2H3,(H,13,14). The van der Waals surface area contributed by atoms with E-state index in [1.54, 1.807) is 12.4 Å². The van der Waals surface area contributed by atoms with Crippen molar-refractivity contribution in [2.45, 2.75) is 26.2 Å². The molecule has 2 aromatic heterocycles. The highest BCUT2D eigenvalue weighted by Crippen LogP contribution is 2.22. The third kappa shape index (κ3) is 2.71. The summed E-state index contributed by atoms with van der Waals surface area (Å²) in [6.07, 6.45) is 4.32. The van der Waals surface area contributed by atoms with Gasteiger partial charge in [-0.3, -0.25) is 0 Å². The zero-order chi connectivity index (χ0) is 12.3. The first-order valence-corrected chi connectivity index (χ1v) is 5.74. The van der Waals surface area contributed by atoms with Crippen molar-refractivity contribution in [2.75, 3.05) is 6.54 Å². The van der Waals surface area contributed by atoms with Crippen LogP contribution in [-0.4, -0.2) is 26.7 Å². The Hall–Kier alpha value is -1.69. The van der Waals surface area contributed by atoms with E-state index < -0.39 is 0 Å². The van der Waals surface area contributed by atoms with E-state index in [1.165, 1.54) is 0 Å². The predicted octanol–water partition coefficient (Wildman–Crippen LogP) is 1.55. The van der Waals surface area contributed by atoms with Gasteiger partial charge in [-0.2, -0.15) is 4.98 Å². The van der Waals surface area contributed by atoms with Gasteiger partial charge in [0.15, 0.2) is 5.82 Å². The molecule has 2 heterocycles.